The van der Waals surface area contributed by atoms with Crippen molar-refractivity contribution >= 4 is 46.3 Å². The number of thiazole rings is 1. The molecule has 2 fully saturated rings. The molecule has 14 nitrogen and oxygen atoms in total. The first-order valence-corrected chi connectivity index (χ1v) is 20.7. The number of amides is 3. The maximum Gasteiger partial charge on any atom is 0.243 e. The molecule has 3 amide bonds. The number of carbonyl (C=O) groups is 4. The summed E-state index contributed by atoms with van der Waals surface area (Å²) in [6, 6.07) is 15.4. The van der Waals surface area contributed by atoms with Gasteiger partial charge in [0.05, 0.1) is 39.6 Å². The van der Waals surface area contributed by atoms with Gasteiger partial charge in [0, 0.05) is 69.9 Å². The second-order valence-corrected chi connectivity index (χ2v) is 17.3. The first kappa shape index (κ1) is 42.2. The van der Waals surface area contributed by atoms with Crippen molar-refractivity contribution < 1.29 is 29.4 Å². The molecule has 6 rings (SSSR count). The number of aromatic nitrogens is 3. The molecule has 2 aromatic carbocycles. The average Bonchev–Trinajstić information content (AvgIpc) is 3.82. The van der Waals surface area contributed by atoms with E-state index in [2.05, 4.69) is 20.5 Å². The number of rotatable bonds is 13. The summed E-state index contributed by atoms with van der Waals surface area (Å²) in [5.74, 6) is -1.22. The zero-order valence-corrected chi connectivity index (χ0v) is 34.7. The minimum atomic E-state index is -0.868. The minimum absolute atomic E-state index is 0.0127. The van der Waals surface area contributed by atoms with E-state index in [1.54, 1.807) is 46.6 Å². The minimum Gasteiger partial charge on any atom is -0.507 e. The summed E-state index contributed by atoms with van der Waals surface area (Å²) in [4.78, 5) is 65.1. The van der Waals surface area contributed by atoms with Crippen LogP contribution in [0.1, 0.15) is 77.1 Å². The zero-order chi connectivity index (χ0) is 41.7. The predicted molar refractivity (Wildman–Crippen MR) is 224 cm³/mol. The quantitative estimate of drug-likeness (QED) is 0.140. The molecule has 4 heterocycles. The molecule has 5 N–H and O–H groups in total. The number of piperazine rings is 1. The van der Waals surface area contributed by atoms with Crippen LogP contribution in [0.2, 0.25) is 0 Å². The van der Waals surface area contributed by atoms with E-state index < -0.39 is 23.5 Å². The van der Waals surface area contributed by atoms with Crippen LogP contribution in [0, 0.1) is 18.3 Å². The number of anilines is 2. The van der Waals surface area contributed by atoms with Crippen molar-refractivity contribution in [3.8, 4) is 27.4 Å². The molecular formula is C43H54N8O6S. The highest BCUT2D eigenvalue weighted by molar-refractivity contribution is 7.13. The first-order valence-electron chi connectivity index (χ1n) is 19.9. The summed E-state index contributed by atoms with van der Waals surface area (Å²) in [5.41, 5.74) is 12.0. The number of nitrogen functional groups attached to an aromatic ring is 1. The number of nitrogens with two attached hydrogens (primary N) is 1. The monoisotopic (exact) mass is 810 g/mol. The first-order chi connectivity index (χ1) is 27.6. The summed E-state index contributed by atoms with van der Waals surface area (Å²) >= 11 is 1.57. The number of β-amino-alcohol motifs (C(OH)–C–C–N with tert-alkyl or cyclic N) is 1. The van der Waals surface area contributed by atoms with E-state index in [-0.39, 0.29) is 73.3 Å². The smallest absolute Gasteiger partial charge is 0.243 e. The molecule has 2 aromatic heterocycles. The number of hydrogen-bond acceptors (Lipinski definition) is 12. The fraction of sp³-hybridized carbons (Fsp3) is 0.465. The van der Waals surface area contributed by atoms with Crippen LogP contribution in [0.3, 0.4) is 0 Å². The highest BCUT2D eigenvalue weighted by atomic mass is 32.1. The van der Waals surface area contributed by atoms with Gasteiger partial charge in [-0.3, -0.25) is 19.2 Å². The standard InChI is InChI=1S/C43H54N8O6S/c1-26(28-13-15-29(16-14-28)39-27(2)45-25-58-39)46-41(56)36-22-31(53)24-51(36)42(57)33(43(3,4)5)21-30(52)9-8-12-38(55)50-19-17-49(18-20-50)35-23-34(47-48-40(35)44)32-10-6-7-11-37(32)54/h6-7,10-11,13-16,23,25-26,31,33,36,53-54H,8-9,12,17-22,24H2,1-5H3,(H2,44,48)(H,46,56)/t26-,31+,33+,36-/m0/s1. The van der Waals surface area contributed by atoms with E-state index in [1.807, 2.05) is 69.3 Å². The number of phenols is 1. The number of phenolic OH excluding ortho intramolecular Hbond substituents is 1. The van der Waals surface area contributed by atoms with Crippen molar-refractivity contribution in [3.05, 3.63) is 71.4 Å². The number of aliphatic hydroxyl groups excluding tert-OH is 1. The SMILES string of the molecule is Cc1ncsc1-c1ccc([C@H](C)NC(=O)[C@@H]2C[C@@H](O)CN2C(=O)[C@@H](CC(=O)CCCC(=O)N2CCN(c3cc(-c4ccccc4O)nnc3N)CC2)C(C)(C)C)cc1. The Kier molecular flexibility index (Phi) is 13.1. The van der Waals surface area contributed by atoms with Gasteiger partial charge in [-0.15, -0.1) is 21.5 Å². The molecule has 2 aliphatic rings. The highest BCUT2D eigenvalue weighted by Gasteiger charge is 2.44. The Bertz CT molecular complexity index is 2110. The van der Waals surface area contributed by atoms with Gasteiger partial charge in [-0.05, 0) is 55.0 Å². The van der Waals surface area contributed by atoms with E-state index in [0.717, 1.165) is 21.7 Å². The van der Waals surface area contributed by atoms with Crippen molar-refractivity contribution in [3.63, 3.8) is 0 Å². The fourth-order valence-corrected chi connectivity index (χ4v) is 8.56. The molecule has 0 unspecified atom stereocenters. The summed E-state index contributed by atoms with van der Waals surface area (Å²) in [6.45, 7) is 11.6. The topological polar surface area (TPSA) is 195 Å². The lowest BCUT2D eigenvalue weighted by Crippen LogP contribution is -2.50. The van der Waals surface area contributed by atoms with Crippen LogP contribution in [-0.2, 0) is 19.2 Å². The van der Waals surface area contributed by atoms with Gasteiger partial charge in [0.25, 0.3) is 0 Å². The fourth-order valence-electron chi connectivity index (χ4n) is 7.75. The Morgan fingerprint density at radius 1 is 1.00 bits per heavy atom. The van der Waals surface area contributed by atoms with Crippen LogP contribution < -0.4 is 16.0 Å². The van der Waals surface area contributed by atoms with Crippen LogP contribution in [0.5, 0.6) is 5.75 Å². The number of carbonyl (C=O) groups excluding carboxylic acids is 4. The number of aryl methyl sites for hydroxylation is 1. The number of aromatic hydroxyl groups is 1. The van der Waals surface area contributed by atoms with E-state index in [9.17, 15) is 29.4 Å². The van der Waals surface area contributed by atoms with Gasteiger partial charge in [-0.25, -0.2) is 4.98 Å². The van der Waals surface area contributed by atoms with E-state index in [4.69, 9.17) is 5.73 Å². The van der Waals surface area contributed by atoms with Gasteiger partial charge in [0.2, 0.25) is 17.7 Å². The summed E-state index contributed by atoms with van der Waals surface area (Å²) in [5, 5.41) is 32.2. The van der Waals surface area contributed by atoms with Gasteiger partial charge in [-0.1, -0.05) is 57.2 Å². The number of likely N-dealkylation sites (tertiary alicyclic amines) is 1. The molecule has 0 saturated carbocycles. The molecule has 0 spiro atoms. The highest BCUT2D eigenvalue weighted by Crippen LogP contribution is 2.35. The molecular weight excluding hydrogens is 757 g/mol. The molecule has 2 aliphatic heterocycles. The zero-order valence-electron chi connectivity index (χ0n) is 33.9. The van der Waals surface area contributed by atoms with Crippen LogP contribution in [0.4, 0.5) is 11.5 Å². The molecule has 15 heteroatoms. The number of benzene rings is 2. The van der Waals surface area contributed by atoms with Crippen molar-refractivity contribution in [1.29, 1.82) is 0 Å². The predicted octanol–water partition coefficient (Wildman–Crippen LogP) is 5.14. The Balaban J connectivity index is 0.992. The van der Waals surface area contributed by atoms with Crippen molar-refractivity contribution in [2.75, 3.05) is 43.4 Å². The van der Waals surface area contributed by atoms with Gasteiger partial charge in [0.15, 0.2) is 5.82 Å². The number of para-hydroxylation sites is 1. The second-order valence-electron chi connectivity index (χ2n) is 16.4. The van der Waals surface area contributed by atoms with Crippen LogP contribution in [-0.4, -0.2) is 104 Å². The Morgan fingerprint density at radius 2 is 1.71 bits per heavy atom. The lowest BCUT2D eigenvalue weighted by atomic mass is 9.76. The molecule has 58 heavy (non-hydrogen) atoms. The summed E-state index contributed by atoms with van der Waals surface area (Å²) in [7, 11) is 0. The van der Waals surface area contributed by atoms with E-state index in [0.29, 0.717) is 49.5 Å². The molecule has 4 aromatic rings. The number of nitrogens with one attached hydrogen (secondary N) is 1. The molecule has 308 valence electrons. The Labute approximate surface area is 343 Å². The normalized spacial score (nSPS) is 18.2. The number of Topliss-reactive ketones (excluding diaryl/α,β-unsaturated/α-hetero) is 1. The Hall–Kier alpha value is -5.41. The molecule has 0 bridgehead atoms. The number of nitrogens with zero attached hydrogens (tertiary/aromatic N) is 6. The number of hydrogen-bond donors (Lipinski definition) is 4. The number of aliphatic hydroxyl groups is 1. The third kappa shape index (κ3) is 9.81. The largest absolute Gasteiger partial charge is 0.507 e. The number of ketones is 1. The maximum absolute atomic E-state index is 14.2. The third-order valence-corrected chi connectivity index (χ3v) is 12.2. The molecule has 2 saturated heterocycles. The van der Waals surface area contributed by atoms with Crippen LogP contribution in [0.25, 0.3) is 21.7 Å². The average molecular weight is 811 g/mol. The lowest BCUT2D eigenvalue weighted by Gasteiger charge is -2.36. The molecule has 0 radical (unpaired) electrons. The lowest BCUT2D eigenvalue weighted by molar-refractivity contribution is -0.146. The van der Waals surface area contributed by atoms with E-state index >= 15 is 0 Å². The Morgan fingerprint density at radius 3 is 2.36 bits per heavy atom. The maximum atomic E-state index is 14.2. The summed E-state index contributed by atoms with van der Waals surface area (Å²) in [6.07, 6.45) is -0.0808. The second kappa shape index (κ2) is 18.0. The van der Waals surface area contributed by atoms with E-state index in [1.165, 1.54) is 4.90 Å². The van der Waals surface area contributed by atoms with Crippen LogP contribution >= 0.6 is 11.3 Å². The van der Waals surface area contributed by atoms with Gasteiger partial charge >= 0.3 is 0 Å². The van der Waals surface area contributed by atoms with Crippen LogP contribution in [0.15, 0.2) is 60.1 Å². The molecule has 0 aliphatic carbocycles. The van der Waals surface area contributed by atoms with Gasteiger partial charge < -0.3 is 36.0 Å². The van der Waals surface area contributed by atoms with Crippen molar-refractivity contribution in [1.82, 2.24) is 30.3 Å². The van der Waals surface area contributed by atoms with Crippen molar-refractivity contribution in [2.45, 2.75) is 84.9 Å². The van der Waals surface area contributed by atoms with Gasteiger partial charge in [0.1, 0.15) is 17.6 Å². The summed E-state index contributed by atoms with van der Waals surface area (Å²) < 4.78 is 0. The molecule has 4 atom stereocenters. The van der Waals surface area contributed by atoms with Crippen molar-refractivity contribution in [2.24, 2.45) is 11.3 Å². The van der Waals surface area contributed by atoms with Gasteiger partial charge in [-0.2, -0.15) is 0 Å². The third-order valence-electron chi connectivity index (χ3n) is 11.2.